The van der Waals surface area contributed by atoms with Crippen LogP contribution in [0.1, 0.15) is 32.9 Å². The summed E-state index contributed by atoms with van der Waals surface area (Å²) in [6.07, 6.45) is 2.58. The molecule has 178 valence electrons. The molecule has 3 aromatic rings. The van der Waals surface area contributed by atoms with Crippen LogP contribution in [0.4, 0.5) is 0 Å². The second-order valence-electron chi connectivity index (χ2n) is 7.15. The Morgan fingerprint density at radius 3 is 2.00 bits per heavy atom. The van der Waals surface area contributed by atoms with Gasteiger partial charge in [0.25, 0.3) is 0 Å². The topological polar surface area (TPSA) is 49.7 Å². The van der Waals surface area contributed by atoms with Crippen LogP contribution < -0.4 is 9.47 Å². The van der Waals surface area contributed by atoms with Crippen molar-refractivity contribution in [2.75, 3.05) is 26.1 Å². The van der Waals surface area contributed by atoms with Gasteiger partial charge in [0.05, 0.1) is 19.8 Å². The maximum absolute atomic E-state index is 10.2. The summed E-state index contributed by atoms with van der Waals surface area (Å²) in [7, 11) is 0. The Bertz CT molecular complexity index is 965. The average molecular weight is 470 g/mol. The molecule has 0 fully saturated rings. The molecule has 0 aliphatic rings. The highest BCUT2D eigenvalue weighted by Gasteiger charge is 2.08. The predicted octanol–water partition coefficient (Wildman–Crippen LogP) is 6.62. The smallest absolute Gasteiger partial charge is 0.305 e. The van der Waals surface area contributed by atoms with E-state index in [0.717, 1.165) is 18.0 Å². The van der Waals surface area contributed by atoms with Crippen molar-refractivity contribution in [3.8, 4) is 22.8 Å². The number of hydrogen-bond acceptors (Lipinski definition) is 5. The second kappa shape index (κ2) is 14.3. The zero-order valence-electron chi connectivity index (χ0n) is 20.3. The van der Waals surface area contributed by atoms with Gasteiger partial charge in [0.15, 0.2) is 0 Å². The molecule has 3 rings (SSSR count). The molecular weight excluding hydrogens is 434 g/mol. The van der Waals surface area contributed by atoms with E-state index in [2.05, 4.69) is 58.9 Å². The van der Waals surface area contributed by atoms with E-state index in [1.54, 1.807) is 25.6 Å². The van der Waals surface area contributed by atoms with Crippen molar-refractivity contribution in [3.05, 3.63) is 66.4 Å². The van der Waals surface area contributed by atoms with Crippen LogP contribution in [0, 0.1) is 6.92 Å². The van der Waals surface area contributed by atoms with E-state index in [0.29, 0.717) is 26.2 Å². The van der Waals surface area contributed by atoms with E-state index in [1.165, 1.54) is 21.8 Å². The number of aryl methyl sites for hydroxylation is 1. The Kier molecular flexibility index (Phi) is 11.5. The molecule has 5 nitrogen and oxygen atoms in total. The van der Waals surface area contributed by atoms with Crippen LogP contribution in [-0.2, 0) is 16.1 Å². The van der Waals surface area contributed by atoms with E-state index in [1.807, 2.05) is 31.2 Å². The molecule has 1 heterocycles. The summed E-state index contributed by atoms with van der Waals surface area (Å²) < 4.78 is 18.2. The van der Waals surface area contributed by atoms with Crippen LogP contribution in [-0.4, -0.2) is 36.6 Å². The third-order valence-electron chi connectivity index (χ3n) is 4.90. The number of hydrogen-bond donors (Lipinski definition) is 0. The second-order valence-corrected chi connectivity index (χ2v) is 8.03. The molecule has 0 spiro atoms. The van der Waals surface area contributed by atoms with Crippen molar-refractivity contribution < 1.29 is 19.0 Å². The molecule has 1 aromatic heterocycles. The summed E-state index contributed by atoms with van der Waals surface area (Å²) in [6.45, 7) is 10.3. The summed E-state index contributed by atoms with van der Waals surface area (Å²) in [5, 5.41) is 0. The maximum Gasteiger partial charge on any atom is 0.305 e. The van der Waals surface area contributed by atoms with Gasteiger partial charge in [-0.05, 0) is 81.1 Å². The van der Waals surface area contributed by atoms with Gasteiger partial charge < -0.3 is 18.8 Å². The summed E-state index contributed by atoms with van der Waals surface area (Å²) in [5.41, 5.74) is 3.70. The van der Waals surface area contributed by atoms with E-state index in [4.69, 9.17) is 9.47 Å². The quantitative estimate of drug-likeness (QED) is 0.247. The van der Waals surface area contributed by atoms with Gasteiger partial charge in [-0.25, -0.2) is 0 Å². The molecule has 0 unspecified atom stereocenters. The van der Waals surface area contributed by atoms with Gasteiger partial charge in [0.1, 0.15) is 18.1 Å². The number of carbonyl (C=O) groups is 1. The van der Waals surface area contributed by atoms with E-state index in [9.17, 15) is 4.79 Å². The molecular formula is C27H35NO4S. The lowest BCUT2D eigenvalue weighted by Crippen LogP contribution is -2.10. The lowest BCUT2D eigenvalue weighted by molar-refractivity contribution is -0.142. The lowest BCUT2D eigenvalue weighted by atomic mass is 10.1. The van der Waals surface area contributed by atoms with Crippen LogP contribution in [0.2, 0.25) is 0 Å². The summed E-state index contributed by atoms with van der Waals surface area (Å²) in [6, 6.07) is 20.8. The number of thioether (sulfide) groups is 1. The zero-order valence-corrected chi connectivity index (χ0v) is 21.1. The first-order chi connectivity index (χ1) is 16.0. The first kappa shape index (κ1) is 26.4. The van der Waals surface area contributed by atoms with Crippen LogP contribution in [0.3, 0.4) is 0 Å². The van der Waals surface area contributed by atoms with E-state index in [-0.39, 0.29) is 5.97 Å². The van der Waals surface area contributed by atoms with Crippen molar-refractivity contribution in [1.29, 1.82) is 0 Å². The van der Waals surface area contributed by atoms with Crippen molar-refractivity contribution in [2.24, 2.45) is 0 Å². The molecule has 0 atom stereocenters. The van der Waals surface area contributed by atoms with Gasteiger partial charge in [-0.2, -0.15) is 0 Å². The molecule has 0 aliphatic carbocycles. The van der Waals surface area contributed by atoms with Gasteiger partial charge in [-0.15, -0.1) is 11.8 Å². The third kappa shape index (κ3) is 8.54. The molecule has 0 saturated carbocycles. The van der Waals surface area contributed by atoms with Crippen molar-refractivity contribution in [2.45, 2.75) is 45.6 Å². The SMILES string of the molecule is CCOC(=O)CC.CCOc1ccc(OCCn2c(C)ccc2-c2ccc(SC)cc2)cc1. The van der Waals surface area contributed by atoms with Crippen LogP contribution in [0.15, 0.2) is 65.6 Å². The van der Waals surface area contributed by atoms with Crippen molar-refractivity contribution >= 4 is 17.7 Å². The monoisotopic (exact) mass is 469 g/mol. The average Bonchev–Trinajstić information content (AvgIpc) is 3.21. The minimum Gasteiger partial charge on any atom is -0.494 e. The molecule has 0 radical (unpaired) electrons. The third-order valence-corrected chi connectivity index (χ3v) is 5.64. The molecule has 33 heavy (non-hydrogen) atoms. The molecule has 0 bridgehead atoms. The standard InChI is InChI=1S/C22H25NO2S.C5H10O2/c1-4-24-19-8-10-20(11-9-19)25-16-15-23-17(2)5-14-22(23)18-6-12-21(26-3)13-7-18;1-3-5(6)7-4-2/h5-14H,4,15-16H2,1-3H3;3-4H2,1-2H3. The molecule has 0 N–H and O–H groups in total. The minimum absolute atomic E-state index is 0.123. The highest BCUT2D eigenvalue weighted by molar-refractivity contribution is 7.98. The fourth-order valence-electron chi connectivity index (χ4n) is 3.20. The first-order valence-corrected chi connectivity index (χ1v) is 12.6. The highest BCUT2D eigenvalue weighted by Crippen LogP contribution is 2.25. The van der Waals surface area contributed by atoms with Crippen molar-refractivity contribution in [1.82, 2.24) is 4.57 Å². The van der Waals surface area contributed by atoms with E-state index < -0.39 is 0 Å². The first-order valence-electron chi connectivity index (χ1n) is 11.3. The van der Waals surface area contributed by atoms with Gasteiger partial charge >= 0.3 is 5.97 Å². The number of carbonyl (C=O) groups excluding carboxylic acids is 1. The molecule has 6 heteroatoms. The predicted molar refractivity (Wildman–Crippen MR) is 136 cm³/mol. The number of benzene rings is 2. The van der Waals surface area contributed by atoms with Gasteiger partial charge in [0, 0.05) is 22.7 Å². The summed E-state index contributed by atoms with van der Waals surface area (Å²) in [4.78, 5) is 11.5. The number of aromatic nitrogens is 1. The van der Waals surface area contributed by atoms with E-state index >= 15 is 0 Å². The largest absolute Gasteiger partial charge is 0.494 e. The normalized spacial score (nSPS) is 10.2. The van der Waals surface area contributed by atoms with Crippen LogP contribution >= 0.6 is 11.8 Å². The Balaban J connectivity index is 0.000000479. The maximum atomic E-state index is 10.2. The van der Waals surface area contributed by atoms with Crippen LogP contribution in [0.5, 0.6) is 11.5 Å². The van der Waals surface area contributed by atoms with Gasteiger partial charge in [0.2, 0.25) is 0 Å². The summed E-state index contributed by atoms with van der Waals surface area (Å²) in [5.74, 6) is 1.61. The fraction of sp³-hybridized carbons (Fsp3) is 0.370. The Hall–Kier alpha value is -2.86. The summed E-state index contributed by atoms with van der Waals surface area (Å²) >= 11 is 1.76. The molecule has 0 aliphatic heterocycles. The fourth-order valence-corrected chi connectivity index (χ4v) is 3.60. The van der Waals surface area contributed by atoms with Gasteiger partial charge in [-0.3, -0.25) is 4.79 Å². The lowest BCUT2D eigenvalue weighted by Gasteiger charge is -2.13. The Labute approximate surface area is 202 Å². The Morgan fingerprint density at radius 1 is 0.848 bits per heavy atom. The number of rotatable bonds is 10. The highest BCUT2D eigenvalue weighted by atomic mass is 32.2. The van der Waals surface area contributed by atoms with Gasteiger partial charge in [-0.1, -0.05) is 19.1 Å². The number of ether oxygens (including phenoxy) is 3. The minimum atomic E-state index is -0.123. The van der Waals surface area contributed by atoms with Crippen LogP contribution in [0.25, 0.3) is 11.3 Å². The molecule has 0 saturated heterocycles. The molecule has 2 aromatic carbocycles. The zero-order chi connectivity index (χ0) is 24.1. The number of nitrogens with zero attached hydrogens (tertiary/aromatic N) is 1. The molecule has 0 amide bonds. The van der Waals surface area contributed by atoms with Crippen molar-refractivity contribution in [3.63, 3.8) is 0 Å². The number of esters is 1. The Morgan fingerprint density at radius 2 is 1.48 bits per heavy atom.